The first-order valence-electron chi connectivity index (χ1n) is 2.83. The van der Waals surface area contributed by atoms with Gasteiger partial charge in [-0.25, -0.2) is 0 Å². The molecule has 0 aromatic heterocycles. The molecule has 0 saturated heterocycles. The van der Waals surface area contributed by atoms with E-state index < -0.39 is 11.7 Å². The zero-order chi connectivity index (χ0) is 8.48. The van der Waals surface area contributed by atoms with Gasteiger partial charge in [0.05, 0.1) is 5.56 Å². The van der Waals surface area contributed by atoms with Crippen LogP contribution in [0.2, 0.25) is 5.02 Å². The monoisotopic (exact) mass is 198 g/mol. The average Bonchev–Trinajstić information content (AvgIpc) is 1.86. The highest BCUT2D eigenvalue weighted by molar-refractivity contribution is 6.30. The van der Waals surface area contributed by atoms with Crippen molar-refractivity contribution in [1.29, 1.82) is 0 Å². The largest absolute Gasteiger partial charge is 0.416 e. The van der Waals surface area contributed by atoms with Gasteiger partial charge in [-0.05, 0) is 24.3 Å². The van der Waals surface area contributed by atoms with Gasteiger partial charge in [0.25, 0.3) is 0 Å². The first kappa shape index (κ1) is 11.3. The van der Waals surface area contributed by atoms with E-state index in [2.05, 4.69) is 0 Å². The van der Waals surface area contributed by atoms with Crippen molar-refractivity contribution in [2.75, 3.05) is 0 Å². The molecule has 0 aliphatic carbocycles. The summed E-state index contributed by atoms with van der Waals surface area (Å²) in [4.78, 5) is 0. The molecule has 0 amide bonds. The lowest BCUT2D eigenvalue weighted by molar-refractivity contribution is -0.137. The van der Waals surface area contributed by atoms with Gasteiger partial charge in [-0.2, -0.15) is 13.2 Å². The molecular weight excluding hydrogens is 193 g/mol. The Morgan fingerprint density at radius 2 is 1.42 bits per heavy atom. The van der Waals surface area contributed by atoms with Gasteiger partial charge in [-0.15, -0.1) is 0 Å². The van der Waals surface area contributed by atoms with Crippen LogP contribution in [0.1, 0.15) is 5.56 Å². The highest BCUT2D eigenvalue weighted by Gasteiger charge is 2.29. The molecule has 1 aromatic carbocycles. The summed E-state index contributed by atoms with van der Waals surface area (Å²) in [5, 5.41) is 0.304. The molecule has 1 aromatic rings. The summed E-state index contributed by atoms with van der Waals surface area (Å²) >= 11 is 5.39. The minimum Gasteiger partial charge on any atom is -0.412 e. The second-order valence-corrected chi connectivity index (χ2v) is 2.44. The van der Waals surface area contributed by atoms with Crippen LogP contribution in [0.4, 0.5) is 13.2 Å². The summed E-state index contributed by atoms with van der Waals surface area (Å²) in [5.41, 5.74) is -0.679. The van der Waals surface area contributed by atoms with Crippen LogP contribution in [0.3, 0.4) is 0 Å². The minimum absolute atomic E-state index is 0. The maximum absolute atomic E-state index is 11.9. The molecule has 1 rings (SSSR count). The molecule has 0 fully saturated rings. The Labute approximate surface area is 72.1 Å². The Bertz CT molecular complexity index is 242. The van der Waals surface area contributed by atoms with E-state index in [1.165, 1.54) is 12.1 Å². The molecule has 0 spiro atoms. The summed E-state index contributed by atoms with van der Waals surface area (Å²) in [5.74, 6) is 0. The van der Waals surface area contributed by atoms with Crippen molar-refractivity contribution in [3.05, 3.63) is 34.9 Å². The zero-order valence-corrected chi connectivity index (χ0v) is 6.58. The molecule has 12 heavy (non-hydrogen) atoms. The van der Waals surface area contributed by atoms with Crippen molar-refractivity contribution >= 4 is 11.6 Å². The second-order valence-electron chi connectivity index (χ2n) is 2.00. The molecule has 0 heterocycles. The lowest BCUT2D eigenvalue weighted by Gasteiger charge is -2.04. The molecule has 0 aliphatic rings. The highest BCUT2D eigenvalue weighted by atomic mass is 35.5. The van der Waals surface area contributed by atoms with Crippen molar-refractivity contribution < 1.29 is 18.6 Å². The summed E-state index contributed by atoms with van der Waals surface area (Å²) in [6.07, 6.45) is -4.27. The number of benzene rings is 1. The molecule has 2 N–H and O–H groups in total. The lowest BCUT2D eigenvalue weighted by Crippen LogP contribution is -2.03. The molecule has 1 nitrogen and oxygen atoms in total. The number of hydrogen-bond acceptors (Lipinski definition) is 0. The molecule has 0 radical (unpaired) electrons. The van der Waals surface area contributed by atoms with E-state index in [9.17, 15) is 13.2 Å². The van der Waals surface area contributed by atoms with Gasteiger partial charge in [0.2, 0.25) is 0 Å². The molecule has 68 valence electrons. The Morgan fingerprint density at radius 3 is 1.75 bits per heavy atom. The zero-order valence-electron chi connectivity index (χ0n) is 5.82. The number of hydrogen-bond donors (Lipinski definition) is 0. The van der Waals surface area contributed by atoms with Crippen LogP contribution in [0, 0.1) is 0 Å². The smallest absolute Gasteiger partial charge is 0.412 e. The standard InChI is InChI=1S/C7H4ClF3.H2O/c8-6-3-1-5(2-4-6)7(9,10)11;/h1-4H;1H2. The van der Waals surface area contributed by atoms with Gasteiger partial charge < -0.3 is 5.48 Å². The Balaban J connectivity index is 0.00000121. The van der Waals surface area contributed by atoms with Crippen molar-refractivity contribution in [1.82, 2.24) is 0 Å². The van der Waals surface area contributed by atoms with E-state index in [1.807, 2.05) is 0 Å². The highest BCUT2D eigenvalue weighted by Crippen LogP contribution is 2.29. The summed E-state index contributed by atoms with van der Waals surface area (Å²) in [6.45, 7) is 0. The van der Waals surface area contributed by atoms with Crippen molar-refractivity contribution in [3.8, 4) is 0 Å². The molecular formula is C7H6ClF3O. The summed E-state index contributed by atoms with van der Waals surface area (Å²) in [6, 6.07) is 4.32. The van der Waals surface area contributed by atoms with Crippen molar-refractivity contribution in [2.24, 2.45) is 0 Å². The average molecular weight is 199 g/mol. The van der Waals surface area contributed by atoms with Crippen LogP contribution in [0.25, 0.3) is 0 Å². The Morgan fingerprint density at radius 1 is 1.00 bits per heavy atom. The van der Waals surface area contributed by atoms with E-state index in [4.69, 9.17) is 11.6 Å². The minimum atomic E-state index is -4.27. The second kappa shape index (κ2) is 3.78. The predicted octanol–water partition coefficient (Wildman–Crippen LogP) is 2.53. The fourth-order valence-corrected chi connectivity index (χ4v) is 0.765. The number of alkyl halides is 3. The molecule has 5 heteroatoms. The van der Waals surface area contributed by atoms with Gasteiger partial charge in [-0.3, -0.25) is 0 Å². The first-order chi connectivity index (χ1) is 5.00. The molecule has 0 unspecified atom stereocenters. The van der Waals surface area contributed by atoms with E-state index in [-0.39, 0.29) is 5.48 Å². The van der Waals surface area contributed by atoms with Crippen LogP contribution in [-0.4, -0.2) is 5.48 Å². The van der Waals surface area contributed by atoms with Crippen LogP contribution >= 0.6 is 11.6 Å². The summed E-state index contributed by atoms with van der Waals surface area (Å²) in [7, 11) is 0. The molecule has 0 atom stereocenters. The van der Waals surface area contributed by atoms with E-state index in [1.54, 1.807) is 0 Å². The van der Waals surface area contributed by atoms with E-state index in [0.29, 0.717) is 5.02 Å². The Kier molecular flexibility index (Phi) is 3.55. The maximum atomic E-state index is 11.9. The SMILES string of the molecule is FC(F)(F)c1ccc(Cl)cc1.O. The molecule has 0 bridgehead atoms. The third kappa shape index (κ3) is 2.71. The number of rotatable bonds is 0. The third-order valence-electron chi connectivity index (χ3n) is 1.17. The normalized spacial score (nSPS) is 10.7. The van der Waals surface area contributed by atoms with Gasteiger partial charge in [-0.1, -0.05) is 11.6 Å². The van der Waals surface area contributed by atoms with Crippen LogP contribution < -0.4 is 0 Å². The van der Waals surface area contributed by atoms with Crippen LogP contribution in [-0.2, 0) is 6.18 Å². The molecule has 0 saturated carbocycles. The lowest BCUT2D eigenvalue weighted by atomic mass is 10.2. The van der Waals surface area contributed by atoms with Crippen molar-refractivity contribution in [2.45, 2.75) is 6.18 Å². The van der Waals surface area contributed by atoms with E-state index in [0.717, 1.165) is 12.1 Å². The van der Waals surface area contributed by atoms with E-state index >= 15 is 0 Å². The number of halogens is 4. The third-order valence-corrected chi connectivity index (χ3v) is 1.42. The fraction of sp³-hybridized carbons (Fsp3) is 0.143. The maximum Gasteiger partial charge on any atom is 0.416 e. The van der Waals surface area contributed by atoms with Gasteiger partial charge >= 0.3 is 6.18 Å². The van der Waals surface area contributed by atoms with Gasteiger partial charge in [0.1, 0.15) is 0 Å². The van der Waals surface area contributed by atoms with Gasteiger partial charge in [0.15, 0.2) is 0 Å². The van der Waals surface area contributed by atoms with Crippen molar-refractivity contribution in [3.63, 3.8) is 0 Å². The van der Waals surface area contributed by atoms with Gasteiger partial charge in [0, 0.05) is 5.02 Å². The first-order valence-corrected chi connectivity index (χ1v) is 3.21. The summed E-state index contributed by atoms with van der Waals surface area (Å²) < 4.78 is 35.6. The van der Waals surface area contributed by atoms with Crippen LogP contribution in [0.15, 0.2) is 24.3 Å². The Hall–Kier alpha value is -0.740. The quantitative estimate of drug-likeness (QED) is 0.614. The fourth-order valence-electron chi connectivity index (χ4n) is 0.639. The predicted molar refractivity (Wildman–Crippen MR) is 40.1 cm³/mol. The van der Waals surface area contributed by atoms with Crippen LogP contribution in [0.5, 0.6) is 0 Å². The molecule has 0 aliphatic heterocycles. The topological polar surface area (TPSA) is 31.5 Å².